The lowest BCUT2D eigenvalue weighted by atomic mass is 9.98. The Hall–Kier alpha value is -2.37. The van der Waals surface area contributed by atoms with E-state index in [4.69, 9.17) is 5.21 Å². The van der Waals surface area contributed by atoms with Crippen LogP contribution in [0.5, 0.6) is 0 Å². The molecule has 0 radical (unpaired) electrons. The number of sulfonamides is 1. The topological polar surface area (TPSA) is 113 Å². The number of nitrogens with zero attached hydrogens (tertiary/aromatic N) is 3. The molecule has 1 aliphatic rings. The van der Waals surface area contributed by atoms with Gasteiger partial charge in [0.15, 0.2) is 0 Å². The Morgan fingerprint density at radius 1 is 1.39 bits per heavy atom. The summed E-state index contributed by atoms with van der Waals surface area (Å²) >= 11 is 1.24. The van der Waals surface area contributed by atoms with Crippen molar-refractivity contribution in [3.05, 3.63) is 55.5 Å². The van der Waals surface area contributed by atoms with Crippen LogP contribution in [0.1, 0.15) is 28.8 Å². The molecule has 11 heteroatoms. The lowest BCUT2D eigenvalue weighted by Gasteiger charge is -2.19. The van der Waals surface area contributed by atoms with E-state index in [1.165, 1.54) is 28.8 Å². The molecule has 0 saturated heterocycles. The predicted molar refractivity (Wildman–Crippen MR) is 102 cm³/mol. The summed E-state index contributed by atoms with van der Waals surface area (Å²) in [5.41, 5.74) is 0.991. The van der Waals surface area contributed by atoms with Crippen LogP contribution in [0.15, 0.2) is 33.6 Å². The number of nitro benzene ring substituents is 1. The summed E-state index contributed by atoms with van der Waals surface area (Å²) in [6.07, 6.45) is 2.09. The third-order valence-electron chi connectivity index (χ3n) is 4.69. The molecule has 0 aliphatic heterocycles. The Labute approximate surface area is 165 Å². The highest BCUT2D eigenvalue weighted by molar-refractivity contribution is 7.89. The third kappa shape index (κ3) is 3.77. The number of rotatable bonds is 6. The predicted octanol–water partition coefficient (Wildman–Crippen LogP) is 3.17. The molecular weight excluding hydrogens is 409 g/mol. The molecule has 0 atom stereocenters. The minimum absolute atomic E-state index is 0.0800. The summed E-state index contributed by atoms with van der Waals surface area (Å²) < 4.78 is 40.6. The summed E-state index contributed by atoms with van der Waals surface area (Å²) in [4.78, 5) is 10.9. The summed E-state index contributed by atoms with van der Waals surface area (Å²) in [5.74, 6) is -0.930. The second kappa shape index (κ2) is 7.94. The number of hydrogen-bond acceptors (Lipinski definition) is 7. The van der Waals surface area contributed by atoms with Crippen LogP contribution in [-0.2, 0) is 22.9 Å². The minimum atomic E-state index is -3.77. The molecule has 1 aromatic carbocycles. The summed E-state index contributed by atoms with van der Waals surface area (Å²) in [7, 11) is -2.34. The van der Waals surface area contributed by atoms with Gasteiger partial charge >= 0.3 is 5.69 Å². The van der Waals surface area contributed by atoms with Gasteiger partial charge in [-0.15, -0.1) is 11.3 Å². The molecular formula is C17H18FN3O5S2. The highest BCUT2D eigenvalue weighted by Gasteiger charge is 2.30. The molecule has 0 amide bonds. The maximum absolute atomic E-state index is 13.4. The number of fused-ring (bicyclic) bond motifs is 1. The SMILES string of the molecule is CN(CCc1ccc(F)c([N+](=O)[O-])c1)S(=O)(=O)c1csc2c1CCC/C2=N/O. The van der Waals surface area contributed by atoms with Gasteiger partial charge in [-0.1, -0.05) is 11.2 Å². The van der Waals surface area contributed by atoms with Crippen molar-refractivity contribution >= 4 is 32.8 Å². The van der Waals surface area contributed by atoms with Gasteiger partial charge in [0.05, 0.1) is 20.4 Å². The third-order valence-corrected chi connectivity index (χ3v) is 7.83. The molecule has 0 unspecified atom stereocenters. The second-order valence-electron chi connectivity index (χ2n) is 6.43. The van der Waals surface area contributed by atoms with E-state index in [1.807, 2.05) is 0 Å². The maximum Gasteiger partial charge on any atom is 0.305 e. The van der Waals surface area contributed by atoms with Gasteiger partial charge in [0.1, 0.15) is 0 Å². The van der Waals surface area contributed by atoms with Crippen LogP contribution in [0.25, 0.3) is 0 Å². The van der Waals surface area contributed by atoms with Crippen LogP contribution in [0, 0.1) is 15.9 Å². The van der Waals surface area contributed by atoms with Crippen molar-refractivity contribution in [1.82, 2.24) is 4.31 Å². The van der Waals surface area contributed by atoms with Crippen LogP contribution >= 0.6 is 11.3 Å². The highest BCUT2D eigenvalue weighted by atomic mass is 32.2. The van der Waals surface area contributed by atoms with E-state index in [9.17, 15) is 22.9 Å². The van der Waals surface area contributed by atoms with Crippen molar-refractivity contribution in [2.75, 3.05) is 13.6 Å². The van der Waals surface area contributed by atoms with Gasteiger partial charge in [0.2, 0.25) is 15.8 Å². The van der Waals surface area contributed by atoms with E-state index in [0.717, 1.165) is 12.1 Å². The highest BCUT2D eigenvalue weighted by Crippen LogP contribution is 2.34. The van der Waals surface area contributed by atoms with Crippen LogP contribution in [0.2, 0.25) is 0 Å². The Bertz CT molecular complexity index is 1050. The quantitative estimate of drug-likeness (QED) is 0.432. The van der Waals surface area contributed by atoms with Crippen LogP contribution in [0.4, 0.5) is 10.1 Å². The van der Waals surface area contributed by atoms with Gasteiger partial charge in [0.25, 0.3) is 0 Å². The number of hydrogen-bond donors (Lipinski definition) is 1. The first kappa shape index (κ1) is 20.4. The number of nitro groups is 1. The van der Waals surface area contributed by atoms with E-state index in [-0.39, 0.29) is 17.9 Å². The molecule has 8 nitrogen and oxygen atoms in total. The molecule has 150 valence electrons. The largest absolute Gasteiger partial charge is 0.411 e. The molecule has 0 bridgehead atoms. The van der Waals surface area contributed by atoms with E-state index >= 15 is 0 Å². The number of likely N-dealkylation sites (N-methyl/N-ethyl adjacent to an activating group) is 1. The zero-order valence-corrected chi connectivity index (χ0v) is 16.6. The van der Waals surface area contributed by atoms with Gasteiger partial charge in [-0.05, 0) is 42.9 Å². The van der Waals surface area contributed by atoms with Gasteiger partial charge in [-0.3, -0.25) is 10.1 Å². The standard InChI is InChI=1S/C17H18FN3O5S2/c1-20(8-7-11-5-6-13(18)15(9-11)21(23)24)28(25,26)16-10-27-17-12(16)3-2-4-14(17)19-22/h5-6,9-10,22H,2-4,7-8H2,1H3/b19-14-. The van der Waals surface area contributed by atoms with Crippen molar-refractivity contribution < 1.29 is 22.9 Å². The first-order valence-electron chi connectivity index (χ1n) is 8.46. The van der Waals surface area contributed by atoms with Crippen molar-refractivity contribution in [3.63, 3.8) is 0 Å². The Balaban J connectivity index is 1.80. The average molecular weight is 427 g/mol. The first-order chi connectivity index (χ1) is 13.3. The Kier molecular flexibility index (Phi) is 5.77. The molecule has 3 rings (SSSR count). The van der Waals surface area contributed by atoms with E-state index in [1.54, 1.807) is 5.38 Å². The molecule has 0 fully saturated rings. The van der Waals surface area contributed by atoms with Gasteiger partial charge in [-0.2, -0.15) is 4.39 Å². The van der Waals surface area contributed by atoms with Gasteiger partial charge in [-0.25, -0.2) is 12.7 Å². The van der Waals surface area contributed by atoms with Crippen molar-refractivity contribution in [2.45, 2.75) is 30.6 Å². The molecule has 1 aromatic heterocycles. The molecule has 1 aliphatic carbocycles. The summed E-state index contributed by atoms with van der Waals surface area (Å²) in [6.45, 7) is 0.0800. The Morgan fingerprint density at radius 2 is 2.14 bits per heavy atom. The zero-order valence-electron chi connectivity index (χ0n) is 15.0. The fourth-order valence-corrected chi connectivity index (χ4v) is 6.01. The molecule has 0 saturated carbocycles. The normalized spacial score (nSPS) is 15.8. The monoisotopic (exact) mass is 427 g/mol. The minimum Gasteiger partial charge on any atom is -0.411 e. The van der Waals surface area contributed by atoms with E-state index < -0.39 is 26.5 Å². The van der Waals surface area contributed by atoms with E-state index in [2.05, 4.69) is 5.16 Å². The number of benzene rings is 1. The Morgan fingerprint density at radius 3 is 2.82 bits per heavy atom. The van der Waals surface area contributed by atoms with Crippen LogP contribution in [-0.4, -0.2) is 42.2 Å². The van der Waals surface area contributed by atoms with Crippen LogP contribution < -0.4 is 0 Å². The van der Waals surface area contributed by atoms with Crippen LogP contribution in [0.3, 0.4) is 0 Å². The van der Waals surface area contributed by atoms with Gasteiger partial charge < -0.3 is 5.21 Å². The summed E-state index contributed by atoms with van der Waals surface area (Å²) in [6, 6.07) is 3.53. The number of oxime groups is 1. The fourth-order valence-electron chi connectivity index (χ4n) is 3.13. The fraction of sp³-hybridized carbons (Fsp3) is 0.353. The zero-order chi connectivity index (χ0) is 20.5. The van der Waals surface area contributed by atoms with E-state index in [0.29, 0.717) is 41.0 Å². The average Bonchev–Trinajstić information content (AvgIpc) is 3.11. The molecule has 1 heterocycles. The molecule has 28 heavy (non-hydrogen) atoms. The molecule has 0 spiro atoms. The van der Waals surface area contributed by atoms with Crippen molar-refractivity contribution in [2.24, 2.45) is 5.16 Å². The number of halogens is 1. The first-order valence-corrected chi connectivity index (χ1v) is 10.8. The molecule has 2 aromatic rings. The smallest absolute Gasteiger partial charge is 0.305 e. The summed E-state index contributed by atoms with van der Waals surface area (Å²) in [5, 5.41) is 24.8. The second-order valence-corrected chi connectivity index (χ2v) is 9.32. The lowest BCUT2D eigenvalue weighted by Crippen LogP contribution is -2.29. The molecule has 1 N–H and O–H groups in total. The van der Waals surface area contributed by atoms with Crippen molar-refractivity contribution in [1.29, 1.82) is 0 Å². The maximum atomic E-state index is 13.4. The van der Waals surface area contributed by atoms with Crippen molar-refractivity contribution in [3.8, 4) is 0 Å². The van der Waals surface area contributed by atoms with Gasteiger partial charge in [0, 0.05) is 25.0 Å². The lowest BCUT2D eigenvalue weighted by molar-refractivity contribution is -0.387. The number of thiophene rings is 1.